The van der Waals surface area contributed by atoms with E-state index in [2.05, 4.69) is 20.3 Å². The number of amides is 1. The number of nitrogens with zero attached hydrogens (tertiary/aromatic N) is 4. The summed E-state index contributed by atoms with van der Waals surface area (Å²) in [6, 6.07) is 4.05. The van der Waals surface area contributed by atoms with Crippen molar-refractivity contribution in [2.45, 2.75) is 23.7 Å². The van der Waals surface area contributed by atoms with E-state index in [1.54, 1.807) is 0 Å². The number of alkyl halides is 2. The van der Waals surface area contributed by atoms with Gasteiger partial charge in [0.15, 0.2) is 16.0 Å². The van der Waals surface area contributed by atoms with Crippen molar-refractivity contribution >= 4 is 51.9 Å². The topological polar surface area (TPSA) is 232 Å². The predicted octanol–water partition coefficient (Wildman–Crippen LogP) is -0.423. The van der Waals surface area contributed by atoms with Crippen LogP contribution in [-0.4, -0.2) is 76.4 Å². The number of benzene rings is 1. The lowest BCUT2D eigenvalue weighted by molar-refractivity contribution is -0.384. The van der Waals surface area contributed by atoms with Gasteiger partial charge in [0, 0.05) is 12.1 Å². The van der Waals surface area contributed by atoms with Gasteiger partial charge in [-0.15, -0.1) is 0 Å². The summed E-state index contributed by atoms with van der Waals surface area (Å²) in [7, 11) is 0. The van der Waals surface area contributed by atoms with Gasteiger partial charge in [-0.25, -0.2) is 4.98 Å². The molecule has 0 bridgehead atoms. The van der Waals surface area contributed by atoms with Crippen LogP contribution < -0.4 is 16.6 Å². The Morgan fingerprint density at radius 3 is 2.53 bits per heavy atom. The smallest absolute Gasteiger partial charge is 0.280 e. The number of aliphatic hydroxyl groups excluding tert-OH is 3. The summed E-state index contributed by atoms with van der Waals surface area (Å²) in [6.07, 6.45) is 0.181. The monoisotopic (exact) mass is 547 g/mol. The first-order valence-corrected chi connectivity index (χ1v) is 11.0. The highest BCUT2D eigenvalue weighted by Gasteiger charge is 2.24. The van der Waals surface area contributed by atoms with E-state index in [0.29, 0.717) is 11.2 Å². The molecule has 1 aromatic carbocycles. The Labute approximate surface area is 212 Å². The molecule has 0 fully saturated rings. The number of non-ortho nitro benzene ring substituents is 1. The lowest BCUT2D eigenvalue weighted by atomic mass is 10.0. The zero-order valence-corrected chi connectivity index (χ0v) is 20.0. The highest BCUT2D eigenvalue weighted by atomic mass is 35.5. The maximum absolute atomic E-state index is 11.4. The predicted molar refractivity (Wildman–Crippen MR) is 128 cm³/mol. The zero-order valence-electron chi connectivity index (χ0n) is 18.5. The highest BCUT2D eigenvalue weighted by Crippen LogP contribution is 2.20. The normalized spacial score (nSPS) is 12.6. The van der Waals surface area contributed by atoms with E-state index in [1.807, 2.05) is 0 Å². The number of nitro benzene ring substituents is 1. The van der Waals surface area contributed by atoms with Gasteiger partial charge in [-0.05, 0) is 17.7 Å². The number of ether oxygens (including phenoxy) is 1. The van der Waals surface area contributed by atoms with Crippen molar-refractivity contribution in [1.82, 2.24) is 24.8 Å². The average molecular weight is 548 g/mol. The van der Waals surface area contributed by atoms with Crippen molar-refractivity contribution in [1.29, 1.82) is 0 Å². The van der Waals surface area contributed by atoms with Crippen LogP contribution in [0, 0.1) is 10.1 Å². The molecular formula is C19H23Cl2N7O8. The maximum Gasteiger partial charge on any atom is 0.280 e. The third-order valence-corrected chi connectivity index (χ3v) is 4.90. The molecule has 2 atom stereocenters. The molecule has 0 saturated carbocycles. The van der Waals surface area contributed by atoms with Gasteiger partial charge in [0.1, 0.15) is 12.8 Å². The highest BCUT2D eigenvalue weighted by molar-refractivity contribution is 6.53. The first-order valence-electron chi connectivity index (χ1n) is 10.1. The van der Waals surface area contributed by atoms with Crippen molar-refractivity contribution in [2.24, 2.45) is 0 Å². The fourth-order valence-corrected chi connectivity index (χ4v) is 2.91. The maximum atomic E-state index is 11.4. The number of carbonyl (C=O) groups excluding carboxylic acids is 1. The lowest BCUT2D eigenvalue weighted by Gasteiger charge is -2.22. The molecule has 0 aliphatic heterocycles. The zero-order chi connectivity index (χ0) is 26.8. The quantitative estimate of drug-likeness (QED) is 0.0824. The minimum Gasteiger partial charge on any atom is -0.394 e. The van der Waals surface area contributed by atoms with Crippen LogP contribution in [0.5, 0.6) is 0 Å². The number of fused-ring (bicyclic) bond motifs is 1. The Kier molecular flexibility index (Phi) is 11.0. The number of hydrogen-bond donors (Lipinski definition) is 6. The number of anilines is 1. The number of rotatable bonds is 10. The van der Waals surface area contributed by atoms with E-state index in [0.717, 1.165) is 0 Å². The largest absolute Gasteiger partial charge is 0.394 e. The van der Waals surface area contributed by atoms with Gasteiger partial charge in [0.25, 0.3) is 17.2 Å². The molecule has 3 aromatic rings. The molecule has 0 radical (unpaired) electrons. The molecule has 36 heavy (non-hydrogen) atoms. The summed E-state index contributed by atoms with van der Waals surface area (Å²) < 4.78 is 6.63. The second-order valence-electron chi connectivity index (χ2n) is 6.99. The van der Waals surface area contributed by atoms with Gasteiger partial charge < -0.3 is 31.1 Å². The number of aromatic amines is 1. The number of hydrogen-bond acceptors (Lipinski definition) is 11. The molecule has 0 spiro atoms. The lowest BCUT2D eigenvalue weighted by Crippen LogP contribution is -2.44. The van der Waals surface area contributed by atoms with Crippen molar-refractivity contribution in [3.05, 3.63) is 56.6 Å². The summed E-state index contributed by atoms with van der Waals surface area (Å²) in [6.45, 7) is -0.252. The van der Waals surface area contributed by atoms with Gasteiger partial charge in [0.2, 0.25) is 5.95 Å². The number of imidazole rings is 1. The fourth-order valence-electron chi connectivity index (χ4n) is 2.79. The average Bonchev–Trinajstić information content (AvgIpc) is 3.25. The number of nitro groups is 1. The third kappa shape index (κ3) is 7.84. The van der Waals surface area contributed by atoms with E-state index in [-0.39, 0.29) is 42.7 Å². The number of nitrogen functional groups attached to an aromatic ring is 1. The molecule has 0 aliphatic carbocycles. The Hall–Kier alpha value is -3.34. The molecule has 3 rings (SSSR count). The van der Waals surface area contributed by atoms with Crippen LogP contribution in [0.25, 0.3) is 11.2 Å². The van der Waals surface area contributed by atoms with Gasteiger partial charge in [-0.3, -0.25) is 29.3 Å². The SMILES string of the molecule is Nc1nc2c(ncn2COCCO)c(=O)[nH]1.O=C(N[C@H](CO)[C@H](O)c1ccc([N+](=O)[O-])cc1)C(Cl)Cl. The molecule has 2 heterocycles. The van der Waals surface area contributed by atoms with Crippen LogP contribution in [0.15, 0.2) is 35.4 Å². The van der Waals surface area contributed by atoms with Crippen LogP contribution in [0.2, 0.25) is 0 Å². The molecule has 0 aliphatic rings. The first kappa shape index (κ1) is 28.9. The van der Waals surface area contributed by atoms with E-state index < -0.39 is 34.4 Å². The fraction of sp³-hybridized carbons (Fsp3) is 0.368. The molecule has 7 N–H and O–H groups in total. The summed E-state index contributed by atoms with van der Waals surface area (Å²) >= 11 is 10.7. The molecule has 0 unspecified atom stereocenters. The summed E-state index contributed by atoms with van der Waals surface area (Å²) in [5, 5.41) is 40.5. The summed E-state index contributed by atoms with van der Waals surface area (Å²) in [5.74, 6) is -0.727. The third-order valence-electron chi connectivity index (χ3n) is 4.51. The molecule has 2 aromatic heterocycles. The van der Waals surface area contributed by atoms with Crippen LogP contribution in [0.3, 0.4) is 0 Å². The van der Waals surface area contributed by atoms with E-state index in [4.69, 9.17) is 43.9 Å². The van der Waals surface area contributed by atoms with Gasteiger partial charge in [-0.1, -0.05) is 23.2 Å². The van der Waals surface area contributed by atoms with Crippen molar-refractivity contribution < 1.29 is 29.8 Å². The number of aliphatic hydroxyl groups is 3. The summed E-state index contributed by atoms with van der Waals surface area (Å²) in [4.78, 5) is 41.5. The van der Waals surface area contributed by atoms with Crippen LogP contribution in [-0.2, 0) is 16.3 Å². The standard InChI is InChI=1S/C11H12Cl2N2O5.C8H11N5O3/c12-10(13)11(18)14-8(5-16)9(17)6-1-3-7(4-2-6)15(19)20;9-8-11-6-5(7(15)12-8)10-3-13(6)4-16-2-1-14/h1-4,8-10,16-17H,5H2,(H,14,18);3,14H,1-2,4H2,(H3,9,11,12,15)/t8-,9-;/m1./s1. The van der Waals surface area contributed by atoms with Crippen molar-refractivity contribution in [2.75, 3.05) is 25.6 Å². The van der Waals surface area contributed by atoms with E-state index in [1.165, 1.54) is 35.2 Å². The second-order valence-corrected chi connectivity index (χ2v) is 8.09. The number of nitrogens with one attached hydrogen (secondary N) is 2. The Morgan fingerprint density at radius 2 is 1.97 bits per heavy atom. The first-order chi connectivity index (χ1) is 17.1. The Bertz CT molecular complexity index is 1220. The number of aromatic nitrogens is 4. The molecule has 196 valence electrons. The second kappa shape index (κ2) is 13.7. The van der Waals surface area contributed by atoms with E-state index in [9.17, 15) is 24.8 Å². The molecular weight excluding hydrogens is 525 g/mol. The number of H-pyrrole nitrogens is 1. The minimum atomic E-state index is -1.33. The van der Waals surface area contributed by atoms with Crippen molar-refractivity contribution in [3.63, 3.8) is 0 Å². The molecule has 17 heteroatoms. The van der Waals surface area contributed by atoms with Crippen LogP contribution >= 0.6 is 23.2 Å². The van der Waals surface area contributed by atoms with Crippen molar-refractivity contribution in [3.8, 4) is 0 Å². The molecule has 0 saturated heterocycles. The van der Waals surface area contributed by atoms with Gasteiger partial charge >= 0.3 is 0 Å². The number of carbonyl (C=O) groups is 1. The number of halogens is 2. The van der Waals surface area contributed by atoms with Gasteiger partial charge in [0.05, 0.1) is 37.1 Å². The molecule has 15 nitrogen and oxygen atoms in total. The number of nitrogens with two attached hydrogens (primary N) is 1. The Morgan fingerprint density at radius 1 is 1.31 bits per heavy atom. The van der Waals surface area contributed by atoms with Crippen LogP contribution in [0.1, 0.15) is 11.7 Å². The summed E-state index contributed by atoms with van der Waals surface area (Å²) in [5.41, 5.74) is 5.77. The minimum absolute atomic E-state index is 0.0291. The van der Waals surface area contributed by atoms with E-state index >= 15 is 0 Å². The molecule has 1 amide bonds. The van der Waals surface area contributed by atoms with Crippen LogP contribution in [0.4, 0.5) is 11.6 Å². The Balaban J connectivity index is 0.000000259. The van der Waals surface area contributed by atoms with Gasteiger partial charge in [-0.2, -0.15) is 4.98 Å².